The minimum Gasteiger partial charge on any atom is -0.318 e. The van der Waals surface area contributed by atoms with E-state index >= 15 is 0 Å². The first-order valence-corrected chi connectivity index (χ1v) is 9.89. The number of hydrogen-bond donors (Lipinski definition) is 0. The zero-order chi connectivity index (χ0) is 18.1. The molecule has 0 bridgehead atoms. The number of ketones is 1. The van der Waals surface area contributed by atoms with Gasteiger partial charge in [0.05, 0.1) is 5.75 Å². The summed E-state index contributed by atoms with van der Waals surface area (Å²) in [7, 11) is 0. The SMILES string of the molecule is Cc1cc(C)cc(-n2c(C)cc(C(=O)CSc3nnc(C)s3)c2C)c1. The lowest BCUT2D eigenvalue weighted by molar-refractivity contribution is 0.102. The van der Waals surface area contributed by atoms with Crippen LogP contribution in [0.15, 0.2) is 28.6 Å². The summed E-state index contributed by atoms with van der Waals surface area (Å²) in [6.45, 7) is 10.2. The average molecular weight is 372 g/mol. The molecule has 2 heterocycles. The Hall–Kier alpha value is -1.92. The van der Waals surface area contributed by atoms with Gasteiger partial charge in [-0.05, 0) is 63.9 Å². The molecule has 130 valence electrons. The number of carbonyl (C=O) groups excluding carboxylic acids is 1. The van der Waals surface area contributed by atoms with Crippen LogP contribution in [0.2, 0.25) is 0 Å². The summed E-state index contributed by atoms with van der Waals surface area (Å²) in [4.78, 5) is 12.7. The molecular formula is C19H21N3OS2. The highest BCUT2D eigenvalue weighted by atomic mass is 32.2. The van der Waals surface area contributed by atoms with E-state index in [1.165, 1.54) is 34.2 Å². The topological polar surface area (TPSA) is 47.8 Å². The molecule has 6 heteroatoms. The smallest absolute Gasteiger partial charge is 0.174 e. The predicted molar refractivity (Wildman–Crippen MR) is 104 cm³/mol. The number of aryl methyl sites for hydroxylation is 4. The van der Waals surface area contributed by atoms with E-state index in [0.717, 1.165) is 32.0 Å². The number of carbonyl (C=O) groups is 1. The quantitative estimate of drug-likeness (QED) is 0.475. The molecule has 2 aromatic heterocycles. The molecule has 0 amide bonds. The van der Waals surface area contributed by atoms with Crippen LogP contribution in [0.5, 0.6) is 0 Å². The number of benzene rings is 1. The van der Waals surface area contributed by atoms with Crippen molar-refractivity contribution in [3.63, 3.8) is 0 Å². The molecule has 1 aromatic carbocycles. The summed E-state index contributed by atoms with van der Waals surface area (Å²) in [6.07, 6.45) is 0. The molecule has 0 atom stereocenters. The molecule has 0 fully saturated rings. The molecule has 4 nitrogen and oxygen atoms in total. The van der Waals surface area contributed by atoms with Crippen molar-refractivity contribution < 1.29 is 4.79 Å². The van der Waals surface area contributed by atoms with Crippen LogP contribution >= 0.6 is 23.1 Å². The van der Waals surface area contributed by atoms with Gasteiger partial charge in [0, 0.05) is 22.6 Å². The van der Waals surface area contributed by atoms with Gasteiger partial charge >= 0.3 is 0 Å². The number of hydrogen-bond acceptors (Lipinski definition) is 5. The molecule has 0 spiro atoms. The van der Waals surface area contributed by atoms with Crippen molar-refractivity contribution in [2.75, 3.05) is 5.75 Å². The second-order valence-corrected chi connectivity index (χ2v) is 8.67. The molecule has 0 aliphatic rings. The fraction of sp³-hybridized carbons (Fsp3) is 0.316. The van der Waals surface area contributed by atoms with E-state index in [1.807, 2.05) is 26.8 Å². The first-order valence-electron chi connectivity index (χ1n) is 8.09. The van der Waals surface area contributed by atoms with Gasteiger partial charge in [0.25, 0.3) is 0 Å². The Morgan fingerprint density at radius 1 is 1.04 bits per heavy atom. The van der Waals surface area contributed by atoms with Crippen LogP contribution in [-0.4, -0.2) is 26.3 Å². The van der Waals surface area contributed by atoms with Crippen molar-refractivity contribution in [1.82, 2.24) is 14.8 Å². The predicted octanol–water partition coefficient (Wildman–Crippen LogP) is 4.85. The minimum absolute atomic E-state index is 0.126. The van der Waals surface area contributed by atoms with Crippen LogP contribution in [-0.2, 0) is 0 Å². The zero-order valence-electron chi connectivity index (χ0n) is 15.1. The third kappa shape index (κ3) is 3.85. The maximum Gasteiger partial charge on any atom is 0.174 e. The molecule has 3 rings (SSSR count). The lowest BCUT2D eigenvalue weighted by Crippen LogP contribution is -2.06. The third-order valence-electron chi connectivity index (χ3n) is 4.03. The molecule has 3 aromatic rings. The van der Waals surface area contributed by atoms with E-state index in [1.54, 1.807) is 0 Å². The number of thioether (sulfide) groups is 1. The standard InChI is InChI=1S/C19H21N3OS2/c1-11-6-12(2)8-16(7-11)22-13(3)9-17(14(22)4)18(23)10-24-19-21-20-15(5)25-19/h6-9H,10H2,1-5H3. The molecule has 0 aliphatic heterocycles. The van der Waals surface area contributed by atoms with Crippen molar-refractivity contribution in [1.29, 1.82) is 0 Å². The Morgan fingerprint density at radius 2 is 1.72 bits per heavy atom. The first kappa shape index (κ1) is 17.9. The Balaban J connectivity index is 1.87. The molecule has 0 aliphatic carbocycles. The van der Waals surface area contributed by atoms with Crippen LogP contribution < -0.4 is 0 Å². The van der Waals surface area contributed by atoms with E-state index < -0.39 is 0 Å². The van der Waals surface area contributed by atoms with Gasteiger partial charge in [0.15, 0.2) is 10.1 Å². The highest BCUT2D eigenvalue weighted by Gasteiger charge is 2.17. The molecule has 0 radical (unpaired) electrons. The van der Waals surface area contributed by atoms with Gasteiger partial charge < -0.3 is 4.57 Å². The Kier molecular flexibility index (Phi) is 5.11. The summed E-state index contributed by atoms with van der Waals surface area (Å²) in [6, 6.07) is 8.45. The van der Waals surface area contributed by atoms with Crippen molar-refractivity contribution in [2.45, 2.75) is 39.0 Å². The first-order chi connectivity index (χ1) is 11.8. The van der Waals surface area contributed by atoms with E-state index in [0.29, 0.717) is 5.75 Å². The van der Waals surface area contributed by atoms with Gasteiger partial charge in [-0.25, -0.2) is 0 Å². The maximum absolute atomic E-state index is 12.7. The van der Waals surface area contributed by atoms with Crippen molar-refractivity contribution in [3.8, 4) is 5.69 Å². The van der Waals surface area contributed by atoms with E-state index in [-0.39, 0.29) is 5.78 Å². The number of nitrogens with zero attached hydrogens (tertiary/aromatic N) is 3. The van der Waals surface area contributed by atoms with Crippen molar-refractivity contribution in [3.05, 3.63) is 57.4 Å². The summed E-state index contributed by atoms with van der Waals surface area (Å²) in [5.74, 6) is 0.507. The van der Waals surface area contributed by atoms with Crippen molar-refractivity contribution >= 4 is 28.9 Å². The fourth-order valence-corrected chi connectivity index (χ4v) is 4.76. The summed E-state index contributed by atoms with van der Waals surface area (Å²) < 4.78 is 3.00. The molecule has 0 unspecified atom stereocenters. The van der Waals surface area contributed by atoms with Crippen LogP contribution in [0.3, 0.4) is 0 Å². The summed E-state index contributed by atoms with van der Waals surface area (Å²) in [5, 5.41) is 8.98. The highest BCUT2D eigenvalue weighted by Crippen LogP contribution is 2.26. The van der Waals surface area contributed by atoms with Gasteiger partial charge in [-0.15, -0.1) is 10.2 Å². The van der Waals surface area contributed by atoms with Gasteiger partial charge in [-0.1, -0.05) is 29.2 Å². The Bertz CT molecular complexity index is 920. The molecule has 0 saturated carbocycles. The second-order valence-electron chi connectivity index (χ2n) is 6.26. The highest BCUT2D eigenvalue weighted by molar-refractivity contribution is 8.01. The lowest BCUT2D eigenvalue weighted by Gasteiger charge is -2.12. The normalized spacial score (nSPS) is 11.1. The van der Waals surface area contributed by atoms with Crippen molar-refractivity contribution in [2.24, 2.45) is 0 Å². The van der Waals surface area contributed by atoms with Gasteiger partial charge in [0.2, 0.25) is 0 Å². The van der Waals surface area contributed by atoms with E-state index in [9.17, 15) is 4.79 Å². The van der Waals surface area contributed by atoms with Crippen LogP contribution in [0.4, 0.5) is 0 Å². The maximum atomic E-state index is 12.7. The lowest BCUT2D eigenvalue weighted by atomic mass is 10.1. The fourth-order valence-electron chi connectivity index (χ4n) is 3.06. The molecule has 25 heavy (non-hydrogen) atoms. The monoisotopic (exact) mass is 371 g/mol. The van der Waals surface area contributed by atoms with Crippen LogP contribution in [0.1, 0.15) is 37.9 Å². The number of rotatable bonds is 5. The van der Waals surface area contributed by atoms with Crippen LogP contribution in [0.25, 0.3) is 5.69 Å². The zero-order valence-corrected chi connectivity index (χ0v) is 16.7. The van der Waals surface area contributed by atoms with Crippen LogP contribution in [0, 0.1) is 34.6 Å². The van der Waals surface area contributed by atoms with Gasteiger partial charge in [-0.3, -0.25) is 4.79 Å². The Morgan fingerprint density at radius 3 is 2.32 bits per heavy atom. The summed E-state index contributed by atoms with van der Waals surface area (Å²) >= 11 is 2.98. The van der Waals surface area contributed by atoms with E-state index in [4.69, 9.17) is 0 Å². The number of Topliss-reactive ketones (excluding diaryl/α,β-unsaturated/α-hetero) is 1. The van der Waals surface area contributed by atoms with Gasteiger partial charge in [-0.2, -0.15) is 0 Å². The second kappa shape index (κ2) is 7.14. The minimum atomic E-state index is 0.126. The molecular weight excluding hydrogens is 350 g/mol. The number of aromatic nitrogens is 3. The molecule has 0 N–H and O–H groups in total. The molecule has 0 saturated heterocycles. The largest absolute Gasteiger partial charge is 0.318 e. The third-order valence-corrected chi connectivity index (χ3v) is 6.00. The summed E-state index contributed by atoms with van der Waals surface area (Å²) in [5.41, 5.74) is 6.39. The Labute approximate surface area is 156 Å². The van der Waals surface area contributed by atoms with E-state index in [2.05, 4.69) is 46.8 Å². The average Bonchev–Trinajstić information content (AvgIpc) is 3.07. The van der Waals surface area contributed by atoms with Gasteiger partial charge in [0.1, 0.15) is 5.01 Å².